The molecule has 4 heterocycles. The zero-order chi connectivity index (χ0) is 29.4. The van der Waals surface area contributed by atoms with Gasteiger partial charge in [-0.1, -0.05) is 35.9 Å². The summed E-state index contributed by atoms with van der Waals surface area (Å²) in [6.07, 6.45) is 3.55. The number of amides is 1. The molecular formula is C32H41ClN6O3. The van der Waals surface area contributed by atoms with Crippen LogP contribution in [0.2, 0.25) is 5.02 Å². The standard InChI is InChI=1S/C32H41ClN6O3/c1-32(2,3)42-31(40)34-22-13-16-39(18-22)29-24-14-17-38(27-12-6-9-21-8-5-11-25(33)28(21)27)19-26(24)35-30(36-29)41-20-23-10-7-15-37(23)4/h5-6,8-9,11-12,22-23H,7,10,13-20H2,1-4H3,(H,34,40)/t22?,23-/m0/s1. The minimum Gasteiger partial charge on any atom is -0.462 e. The first-order valence-electron chi connectivity index (χ1n) is 15.0. The number of hydrogen-bond donors (Lipinski definition) is 1. The second kappa shape index (κ2) is 11.8. The number of likely N-dealkylation sites (tertiary alicyclic amines) is 1. The van der Waals surface area contributed by atoms with E-state index in [1.165, 1.54) is 6.42 Å². The van der Waals surface area contributed by atoms with Crippen molar-refractivity contribution in [2.75, 3.05) is 49.6 Å². The highest BCUT2D eigenvalue weighted by molar-refractivity contribution is 6.36. The zero-order valence-electron chi connectivity index (χ0n) is 25.0. The number of benzene rings is 2. The number of rotatable bonds is 6. The summed E-state index contributed by atoms with van der Waals surface area (Å²) in [4.78, 5) is 29.4. The Morgan fingerprint density at radius 1 is 1.07 bits per heavy atom. The van der Waals surface area contributed by atoms with Crippen molar-refractivity contribution < 1.29 is 14.3 Å². The van der Waals surface area contributed by atoms with Crippen LogP contribution < -0.4 is 19.9 Å². The molecule has 0 aliphatic carbocycles. The number of ether oxygens (including phenoxy) is 2. The van der Waals surface area contributed by atoms with Crippen LogP contribution in [-0.2, 0) is 17.7 Å². The quantitative estimate of drug-likeness (QED) is 0.406. The van der Waals surface area contributed by atoms with Crippen LogP contribution in [-0.4, -0.2) is 78.5 Å². The number of hydrogen-bond acceptors (Lipinski definition) is 8. The molecule has 224 valence electrons. The van der Waals surface area contributed by atoms with Crippen molar-refractivity contribution in [1.82, 2.24) is 20.2 Å². The Balaban J connectivity index is 1.27. The third kappa shape index (κ3) is 6.22. The molecule has 1 N–H and O–H groups in total. The predicted molar refractivity (Wildman–Crippen MR) is 167 cm³/mol. The monoisotopic (exact) mass is 592 g/mol. The maximum Gasteiger partial charge on any atom is 0.407 e. The summed E-state index contributed by atoms with van der Waals surface area (Å²) in [5.74, 6) is 0.916. The molecule has 3 aromatic rings. The number of anilines is 2. The number of carbonyl (C=O) groups is 1. The summed E-state index contributed by atoms with van der Waals surface area (Å²) in [6, 6.07) is 13.2. The van der Waals surface area contributed by atoms with Crippen LogP contribution in [0.15, 0.2) is 36.4 Å². The number of alkyl carbamates (subject to hydrolysis) is 1. The molecule has 1 amide bonds. The average Bonchev–Trinajstić information content (AvgIpc) is 3.58. The van der Waals surface area contributed by atoms with Crippen LogP contribution in [0.1, 0.15) is 51.3 Å². The average molecular weight is 593 g/mol. The Bertz CT molecular complexity index is 1450. The van der Waals surface area contributed by atoms with Gasteiger partial charge in [0.05, 0.1) is 23.3 Å². The van der Waals surface area contributed by atoms with Gasteiger partial charge < -0.3 is 29.5 Å². The van der Waals surface area contributed by atoms with E-state index in [1.54, 1.807) is 0 Å². The number of likely N-dealkylation sites (N-methyl/N-ethyl adjacent to an activating group) is 1. The molecule has 2 saturated heterocycles. The smallest absolute Gasteiger partial charge is 0.407 e. The second-order valence-corrected chi connectivity index (χ2v) is 13.1. The van der Waals surface area contributed by atoms with Gasteiger partial charge in [0.2, 0.25) is 0 Å². The van der Waals surface area contributed by atoms with Crippen LogP contribution in [0, 0.1) is 0 Å². The lowest BCUT2D eigenvalue weighted by molar-refractivity contribution is 0.0509. The van der Waals surface area contributed by atoms with E-state index in [9.17, 15) is 4.79 Å². The van der Waals surface area contributed by atoms with Gasteiger partial charge >= 0.3 is 12.1 Å². The fourth-order valence-corrected chi connectivity index (χ4v) is 6.64. The number of nitrogens with one attached hydrogen (secondary N) is 1. The highest BCUT2D eigenvalue weighted by Crippen LogP contribution is 2.37. The number of halogens is 1. The summed E-state index contributed by atoms with van der Waals surface area (Å²) in [5.41, 5.74) is 2.71. The number of aromatic nitrogens is 2. The molecule has 2 aromatic carbocycles. The van der Waals surface area contributed by atoms with Crippen molar-refractivity contribution in [3.63, 3.8) is 0 Å². The van der Waals surface area contributed by atoms with Crippen molar-refractivity contribution in [3.8, 4) is 6.01 Å². The van der Waals surface area contributed by atoms with E-state index in [1.807, 2.05) is 32.9 Å². The molecule has 10 heteroatoms. The van der Waals surface area contributed by atoms with Gasteiger partial charge in [-0.3, -0.25) is 0 Å². The molecule has 0 radical (unpaired) electrons. The molecule has 0 spiro atoms. The Kier molecular flexibility index (Phi) is 8.07. The van der Waals surface area contributed by atoms with Crippen molar-refractivity contribution in [2.24, 2.45) is 0 Å². The summed E-state index contributed by atoms with van der Waals surface area (Å²) >= 11 is 6.70. The van der Waals surface area contributed by atoms with Gasteiger partial charge in [-0.05, 0) is 77.6 Å². The van der Waals surface area contributed by atoms with Crippen LogP contribution in [0.25, 0.3) is 10.8 Å². The van der Waals surface area contributed by atoms with Crippen LogP contribution in [0.5, 0.6) is 6.01 Å². The van der Waals surface area contributed by atoms with Crippen molar-refractivity contribution in [1.29, 1.82) is 0 Å². The van der Waals surface area contributed by atoms with Gasteiger partial charge in [0.25, 0.3) is 0 Å². The third-order valence-electron chi connectivity index (χ3n) is 8.48. The number of carbonyl (C=O) groups excluding carboxylic acids is 1. The topological polar surface area (TPSA) is 83.1 Å². The zero-order valence-corrected chi connectivity index (χ0v) is 25.8. The van der Waals surface area contributed by atoms with Gasteiger partial charge in [-0.2, -0.15) is 9.97 Å². The predicted octanol–water partition coefficient (Wildman–Crippen LogP) is 5.42. The molecule has 0 bridgehead atoms. The first kappa shape index (κ1) is 28.8. The van der Waals surface area contributed by atoms with Gasteiger partial charge in [-0.15, -0.1) is 0 Å². The second-order valence-electron chi connectivity index (χ2n) is 12.7. The SMILES string of the molecule is CN1CCC[C@H]1COc1nc2c(c(N3CCC(NC(=O)OC(C)(C)C)C3)n1)CCN(c1cccc3cccc(Cl)c13)C2. The van der Waals surface area contributed by atoms with Gasteiger partial charge in [0.1, 0.15) is 18.0 Å². The molecule has 0 saturated carbocycles. The fraction of sp³-hybridized carbons (Fsp3) is 0.531. The molecule has 6 rings (SSSR count). The molecule has 3 aliphatic heterocycles. The van der Waals surface area contributed by atoms with E-state index in [-0.39, 0.29) is 12.1 Å². The lowest BCUT2D eigenvalue weighted by Gasteiger charge is -2.33. The molecule has 2 atom stereocenters. The van der Waals surface area contributed by atoms with Crippen molar-refractivity contribution in [3.05, 3.63) is 52.7 Å². The largest absolute Gasteiger partial charge is 0.462 e. The molecule has 1 aromatic heterocycles. The fourth-order valence-electron chi connectivity index (χ4n) is 6.37. The maximum absolute atomic E-state index is 12.5. The Labute approximate surface area is 253 Å². The number of fused-ring (bicyclic) bond motifs is 2. The van der Waals surface area contributed by atoms with E-state index in [0.717, 1.165) is 77.5 Å². The van der Waals surface area contributed by atoms with E-state index >= 15 is 0 Å². The first-order chi connectivity index (χ1) is 20.1. The summed E-state index contributed by atoms with van der Waals surface area (Å²) in [7, 11) is 2.15. The first-order valence-corrected chi connectivity index (χ1v) is 15.4. The Morgan fingerprint density at radius 3 is 2.64 bits per heavy atom. The van der Waals surface area contributed by atoms with Crippen LogP contribution in [0.4, 0.5) is 16.3 Å². The third-order valence-corrected chi connectivity index (χ3v) is 8.80. The van der Waals surface area contributed by atoms with Gasteiger partial charge in [0.15, 0.2) is 0 Å². The van der Waals surface area contributed by atoms with Gasteiger partial charge in [-0.25, -0.2) is 4.79 Å². The van der Waals surface area contributed by atoms with E-state index in [2.05, 4.69) is 51.3 Å². The molecule has 42 heavy (non-hydrogen) atoms. The van der Waals surface area contributed by atoms with Crippen LogP contribution in [0.3, 0.4) is 0 Å². The molecule has 2 fully saturated rings. The lowest BCUT2D eigenvalue weighted by Crippen LogP contribution is -2.41. The molecule has 3 aliphatic rings. The van der Waals surface area contributed by atoms with E-state index in [0.29, 0.717) is 31.7 Å². The summed E-state index contributed by atoms with van der Waals surface area (Å²) < 4.78 is 11.8. The Morgan fingerprint density at radius 2 is 1.88 bits per heavy atom. The van der Waals surface area contributed by atoms with E-state index < -0.39 is 5.60 Å². The highest BCUT2D eigenvalue weighted by Gasteiger charge is 2.32. The minimum atomic E-state index is -0.534. The normalized spacial score (nSPS) is 21.1. The molecule has 9 nitrogen and oxygen atoms in total. The van der Waals surface area contributed by atoms with Crippen LogP contribution >= 0.6 is 11.6 Å². The summed E-state index contributed by atoms with van der Waals surface area (Å²) in [6.45, 7) is 10.2. The van der Waals surface area contributed by atoms with E-state index in [4.69, 9.17) is 31.0 Å². The highest BCUT2D eigenvalue weighted by atomic mass is 35.5. The Hall–Kier alpha value is -3.30. The molecule has 1 unspecified atom stereocenters. The van der Waals surface area contributed by atoms with Crippen molar-refractivity contribution in [2.45, 2.75) is 70.7 Å². The van der Waals surface area contributed by atoms with Crippen molar-refractivity contribution >= 4 is 40.0 Å². The molecular weight excluding hydrogens is 552 g/mol. The van der Waals surface area contributed by atoms with Gasteiger partial charge in [0, 0.05) is 42.3 Å². The maximum atomic E-state index is 12.5. The minimum absolute atomic E-state index is 0.0140. The lowest BCUT2D eigenvalue weighted by atomic mass is 10.0. The number of nitrogens with zero attached hydrogens (tertiary/aromatic N) is 5. The summed E-state index contributed by atoms with van der Waals surface area (Å²) in [5, 5.41) is 5.99.